The summed E-state index contributed by atoms with van der Waals surface area (Å²) in [5, 5.41) is 16.9. The number of methoxy groups -OCH3 is 1. The number of nitrogens with one attached hydrogen (secondary N) is 1. The maximum atomic E-state index is 13.0. The predicted molar refractivity (Wildman–Crippen MR) is 109 cm³/mol. The highest BCUT2D eigenvalue weighted by Crippen LogP contribution is 2.34. The zero-order chi connectivity index (χ0) is 19.7. The molecule has 1 unspecified atom stereocenters. The van der Waals surface area contributed by atoms with Crippen LogP contribution in [0.3, 0.4) is 0 Å². The molecular formula is C19H21NO4S3. The molecule has 0 bridgehead atoms. The minimum atomic E-state index is -3.88. The zero-order valence-electron chi connectivity index (χ0n) is 15.2. The fourth-order valence-corrected chi connectivity index (χ4v) is 5.62. The first-order valence-electron chi connectivity index (χ1n) is 8.22. The van der Waals surface area contributed by atoms with Gasteiger partial charge >= 0.3 is 0 Å². The predicted octanol–water partition coefficient (Wildman–Crippen LogP) is 3.65. The second-order valence-corrected chi connectivity index (χ2v) is 9.72. The van der Waals surface area contributed by atoms with E-state index >= 15 is 0 Å². The fourth-order valence-electron chi connectivity index (χ4n) is 2.76. The van der Waals surface area contributed by atoms with Crippen molar-refractivity contribution in [2.75, 3.05) is 13.7 Å². The highest BCUT2D eigenvalue weighted by molar-refractivity contribution is 7.89. The molecule has 0 radical (unpaired) electrons. The number of aryl methyl sites for hydroxylation is 2. The van der Waals surface area contributed by atoms with Crippen LogP contribution in [0.5, 0.6) is 5.75 Å². The summed E-state index contributed by atoms with van der Waals surface area (Å²) in [6, 6.07) is 8.72. The van der Waals surface area contributed by atoms with Crippen LogP contribution in [0, 0.1) is 13.8 Å². The van der Waals surface area contributed by atoms with Crippen molar-refractivity contribution in [1.82, 2.24) is 4.72 Å². The van der Waals surface area contributed by atoms with E-state index in [4.69, 9.17) is 4.74 Å². The molecule has 144 valence electrons. The Bertz CT molecular complexity index is 975. The van der Waals surface area contributed by atoms with E-state index in [1.54, 1.807) is 24.3 Å². The van der Waals surface area contributed by atoms with E-state index in [1.807, 2.05) is 36.1 Å². The molecule has 0 aliphatic heterocycles. The first-order chi connectivity index (χ1) is 12.8. The van der Waals surface area contributed by atoms with E-state index in [-0.39, 0.29) is 17.2 Å². The number of hydrogen-bond donors (Lipinski definition) is 2. The molecule has 0 spiro atoms. The van der Waals surface area contributed by atoms with Crippen LogP contribution < -0.4 is 9.46 Å². The molecule has 27 heavy (non-hydrogen) atoms. The Kier molecular flexibility index (Phi) is 5.73. The molecule has 1 aromatic carbocycles. The molecule has 0 saturated carbocycles. The van der Waals surface area contributed by atoms with Crippen molar-refractivity contribution in [3.8, 4) is 5.75 Å². The van der Waals surface area contributed by atoms with Crippen molar-refractivity contribution >= 4 is 32.7 Å². The van der Waals surface area contributed by atoms with Crippen LogP contribution in [-0.2, 0) is 15.6 Å². The lowest BCUT2D eigenvalue weighted by molar-refractivity contribution is 0.0903. The smallest absolute Gasteiger partial charge is 0.244 e. The maximum absolute atomic E-state index is 13.0. The molecule has 2 N–H and O–H groups in total. The van der Waals surface area contributed by atoms with Crippen LogP contribution in [0.2, 0.25) is 0 Å². The van der Waals surface area contributed by atoms with E-state index in [9.17, 15) is 13.5 Å². The van der Waals surface area contributed by atoms with Crippen molar-refractivity contribution in [3.05, 3.63) is 68.0 Å². The molecule has 0 saturated heterocycles. The van der Waals surface area contributed by atoms with Crippen molar-refractivity contribution in [1.29, 1.82) is 0 Å². The number of hydrogen-bond acceptors (Lipinski definition) is 6. The fraction of sp³-hybridized carbons (Fsp3) is 0.263. The third kappa shape index (κ3) is 3.95. The first kappa shape index (κ1) is 20.0. The van der Waals surface area contributed by atoms with Crippen LogP contribution in [0.1, 0.15) is 21.6 Å². The number of benzene rings is 1. The monoisotopic (exact) mass is 423 g/mol. The van der Waals surface area contributed by atoms with Gasteiger partial charge in [-0.1, -0.05) is 6.07 Å². The van der Waals surface area contributed by atoms with E-state index in [0.717, 1.165) is 11.1 Å². The normalized spacial score (nSPS) is 14.1. The molecule has 0 aliphatic carbocycles. The molecule has 1 atom stereocenters. The Morgan fingerprint density at radius 3 is 2.52 bits per heavy atom. The standard InChI is InChI=1S/C19H21NO4S3/c1-13-9-16(24-3)17(10-14(13)2)27(22,23)20-12-19(21,15-6-8-25-11-15)18-5-4-7-26-18/h4-11,20-21H,12H2,1-3H3. The third-order valence-electron chi connectivity index (χ3n) is 4.52. The lowest BCUT2D eigenvalue weighted by atomic mass is 9.95. The minimum absolute atomic E-state index is 0.0620. The van der Waals surface area contributed by atoms with Crippen molar-refractivity contribution in [2.24, 2.45) is 0 Å². The summed E-state index contributed by atoms with van der Waals surface area (Å²) in [6.07, 6.45) is 0. The summed E-state index contributed by atoms with van der Waals surface area (Å²) in [7, 11) is -2.44. The van der Waals surface area contributed by atoms with Gasteiger partial charge < -0.3 is 9.84 Å². The van der Waals surface area contributed by atoms with Crippen molar-refractivity contribution in [2.45, 2.75) is 24.3 Å². The maximum Gasteiger partial charge on any atom is 0.244 e. The average molecular weight is 424 g/mol. The number of aliphatic hydroxyl groups is 1. The SMILES string of the molecule is COc1cc(C)c(C)cc1S(=O)(=O)NCC(O)(c1ccsc1)c1cccs1. The molecule has 2 heterocycles. The molecule has 2 aromatic heterocycles. The summed E-state index contributed by atoms with van der Waals surface area (Å²) in [4.78, 5) is 0.739. The summed E-state index contributed by atoms with van der Waals surface area (Å²) in [6.45, 7) is 3.57. The average Bonchev–Trinajstić information content (AvgIpc) is 3.35. The largest absolute Gasteiger partial charge is 0.495 e. The highest BCUT2D eigenvalue weighted by Gasteiger charge is 2.35. The van der Waals surface area contributed by atoms with Gasteiger partial charge in [-0.05, 0) is 65.4 Å². The highest BCUT2D eigenvalue weighted by atomic mass is 32.2. The lowest BCUT2D eigenvalue weighted by Crippen LogP contribution is -2.41. The van der Waals surface area contributed by atoms with Gasteiger partial charge in [0.25, 0.3) is 0 Å². The van der Waals surface area contributed by atoms with Gasteiger partial charge in [-0.15, -0.1) is 11.3 Å². The second-order valence-electron chi connectivity index (χ2n) is 6.26. The Hall–Kier alpha value is -1.71. The third-order valence-corrected chi connectivity index (χ3v) is 7.64. The molecule has 8 heteroatoms. The molecule has 3 rings (SSSR count). The van der Waals surface area contributed by atoms with Crippen LogP contribution >= 0.6 is 22.7 Å². The Morgan fingerprint density at radius 2 is 1.93 bits per heavy atom. The van der Waals surface area contributed by atoms with Crippen LogP contribution in [0.15, 0.2) is 51.4 Å². The van der Waals surface area contributed by atoms with Gasteiger partial charge in [0, 0.05) is 17.0 Å². The van der Waals surface area contributed by atoms with E-state index in [0.29, 0.717) is 10.4 Å². The van der Waals surface area contributed by atoms with Gasteiger partial charge in [0.1, 0.15) is 16.2 Å². The van der Waals surface area contributed by atoms with Crippen LogP contribution in [0.4, 0.5) is 0 Å². The number of sulfonamides is 1. The quantitative estimate of drug-likeness (QED) is 0.608. The Balaban J connectivity index is 1.95. The van der Waals surface area contributed by atoms with Gasteiger partial charge in [0.2, 0.25) is 10.0 Å². The van der Waals surface area contributed by atoms with E-state index < -0.39 is 15.6 Å². The van der Waals surface area contributed by atoms with Gasteiger partial charge in [0.05, 0.1) is 7.11 Å². The summed E-state index contributed by atoms with van der Waals surface area (Å²) < 4.78 is 33.8. The number of ether oxygens (including phenoxy) is 1. The summed E-state index contributed by atoms with van der Waals surface area (Å²) >= 11 is 2.83. The molecular weight excluding hydrogens is 402 g/mol. The number of thiophene rings is 2. The van der Waals surface area contributed by atoms with Crippen LogP contribution in [-0.4, -0.2) is 27.2 Å². The molecule has 0 amide bonds. The topological polar surface area (TPSA) is 75.6 Å². The molecule has 0 aliphatic rings. The van der Waals surface area contributed by atoms with Crippen LogP contribution in [0.25, 0.3) is 0 Å². The van der Waals surface area contributed by atoms with Gasteiger partial charge in [0.15, 0.2) is 0 Å². The van der Waals surface area contributed by atoms with E-state index in [2.05, 4.69) is 4.72 Å². The summed E-state index contributed by atoms with van der Waals surface area (Å²) in [5.74, 6) is 0.279. The molecule has 5 nitrogen and oxygen atoms in total. The van der Waals surface area contributed by atoms with Gasteiger partial charge in [-0.3, -0.25) is 0 Å². The first-order valence-corrected chi connectivity index (χ1v) is 11.5. The lowest BCUT2D eigenvalue weighted by Gasteiger charge is -2.27. The minimum Gasteiger partial charge on any atom is -0.495 e. The van der Waals surface area contributed by atoms with Crippen molar-refractivity contribution < 1.29 is 18.3 Å². The number of rotatable bonds is 7. The zero-order valence-corrected chi connectivity index (χ0v) is 17.7. The Morgan fingerprint density at radius 1 is 1.19 bits per heavy atom. The van der Waals surface area contributed by atoms with Gasteiger partial charge in [-0.25, -0.2) is 13.1 Å². The van der Waals surface area contributed by atoms with Crippen molar-refractivity contribution in [3.63, 3.8) is 0 Å². The Labute approximate surface area is 167 Å². The van der Waals surface area contributed by atoms with Gasteiger partial charge in [-0.2, -0.15) is 11.3 Å². The summed E-state index contributed by atoms with van der Waals surface area (Å²) in [5.41, 5.74) is 1.01. The van der Waals surface area contributed by atoms with E-state index in [1.165, 1.54) is 29.8 Å². The molecule has 0 fully saturated rings. The second kappa shape index (κ2) is 7.73. The molecule has 3 aromatic rings.